The normalized spacial score (nSPS) is 26.4. The minimum atomic E-state index is -0.415. The highest BCUT2D eigenvalue weighted by molar-refractivity contribution is 6.31. The first-order valence-electron chi connectivity index (χ1n) is 6.23. The van der Waals surface area contributed by atoms with Crippen molar-refractivity contribution in [2.24, 2.45) is 11.7 Å². The summed E-state index contributed by atoms with van der Waals surface area (Å²) < 4.78 is 0. The Balaban J connectivity index is 1.99. The smallest absolute Gasteiger partial charge is 0.250 e. The minimum Gasteiger partial charge on any atom is -0.366 e. The number of nitrogens with zero attached hydrogens (tertiary/aromatic N) is 1. The lowest BCUT2D eigenvalue weighted by molar-refractivity contribution is 0.100. The van der Waals surface area contributed by atoms with Crippen molar-refractivity contribution in [1.29, 1.82) is 0 Å². The Morgan fingerprint density at radius 2 is 2.28 bits per heavy atom. The summed E-state index contributed by atoms with van der Waals surface area (Å²) in [6, 6.07) is 5.86. The van der Waals surface area contributed by atoms with Gasteiger partial charge in [-0.05, 0) is 30.5 Å². The molecule has 0 spiro atoms. The molecule has 0 aliphatic carbocycles. The number of carbonyl (C=O) groups excluding carboxylic acids is 1. The molecule has 2 aliphatic rings. The van der Waals surface area contributed by atoms with Crippen LogP contribution >= 0.6 is 11.6 Å². The van der Waals surface area contributed by atoms with E-state index in [0.29, 0.717) is 22.5 Å². The fraction of sp³-hybridized carbons (Fsp3) is 0.462. The zero-order valence-electron chi connectivity index (χ0n) is 10.0. The SMILES string of the molecule is NC(=O)c1cc(Cl)ccc1N1CC[C@H]2CNC[C@H]21. The molecule has 0 bridgehead atoms. The molecule has 0 saturated carbocycles. The standard InChI is InChI=1S/C13H16ClN3O/c14-9-1-2-11(10(5-9)13(15)18)17-4-3-8-6-16-7-12(8)17/h1-2,5,8,12,16H,3-4,6-7H2,(H2,15,18)/t8-,12+/m0/s1. The number of rotatable bonds is 2. The van der Waals surface area contributed by atoms with E-state index in [1.54, 1.807) is 6.07 Å². The molecule has 1 aromatic carbocycles. The number of halogens is 1. The predicted octanol–water partition coefficient (Wildman–Crippen LogP) is 1.24. The Morgan fingerprint density at radius 1 is 1.44 bits per heavy atom. The molecule has 1 amide bonds. The van der Waals surface area contributed by atoms with Gasteiger partial charge in [0.2, 0.25) is 0 Å². The van der Waals surface area contributed by atoms with Crippen molar-refractivity contribution < 1.29 is 4.79 Å². The molecule has 2 fully saturated rings. The fourth-order valence-electron chi connectivity index (χ4n) is 3.10. The van der Waals surface area contributed by atoms with E-state index in [0.717, 1.165) is 25.3 Å². The summed E-state index contributed by atoms with van der Waals surface area (Å²) in [4.78, 5) is 13.8. The van der Waals surface area contributed by atoms with Crippen molar-refractivity contribution in [3.05, 3.63) is 28.8 Å². The number of fused-ring (bicyclic) bond motifs is 1. The van der Waals surface area contributed by atoms with Gasteiger partial charge in [-0.1, -0.05) is 11.6 Å². The fourth-order valence-corrected chi connectivity index (χ4v) is 3.28. The van der Waals surface area contributed by atoms with Crippen LogP contribution in [0.4, 0.5) is 5.69 Å². The summed E-state index contributed by atoms with van der Waals surface area (Å²) in [6.45, 7) is 3.03. The number of anilines is 1. The zero-order valence-corrected chi connectivity index (χ0v) is 10.8. The van der Waals surface area contributed by atoms with E-state index in [-0.39, 0.29) is 0 Å². The van der Waals surface area contributed by atoms with Gasteiger partial charge in [0.1, 0.15) is 0 Å². The van der Waals surface area contributed by atoms with E-state index in [4.69, 9.17) is 17.3 Å². The summed E-state index contributed by atoms with van der Waals surface area (Å²) in [5.41, 5.74) is 6.89. The van der Waals surface area contributed by atoms with Crippen LogP contribution in [0.1, 0.15) is 16.8 Å². The molecule has 2 saturated heterocycles. The number of nitrogens with two attached hydrogens (primary N) is 1. The largest absolute Gasteiger partial charge is 0.366 e. The zero-order chi connectivity index (χ0) is 12.7. The maximum Gasteiger partial charge on any atom is 0.250 e. The van der Waals surface area contributed by atoms with Crippen LogP contribution < -0.4 is 16.0 Å². The highest BCUT2D eigenvalue weighted by Crippen LogP contribution is 2.34. The van der Waals surface area contributed by atoms with Crippen LogP contribution in [0.25, 0.3) is 0 Å². The van der Waals surface area contributed by atoms with Gasteiger partial charge >= 0.3 is 0 Å². The Labute approximate surface area is 111 Å². The second kappa shape index (κ2) is 4.44. The summed E-state index contributed by atoms with van der Waals surface area (Å²) in [5.74, 6) is 0.267. The third kappa shape index (κ3) is 1.85. The van der Waals surface area contributed by atoms with Gasteiger partial charge in [-0.3, -0.25) is 4.79 Å². The first-order valence-corrected chi connectivity index (χ1v) is 6.61. The Hall–Kier alpha value is -1.26. The molecule has 2 aliphatic heterocycles. The molecule has 2 atom stereocenters. The van der Waals surface area contributed by atoms with Crippen molar-refractivity contribution in [3.8, 4) is 0 Å². The lowest BCUT2D eigenvalue weighted by Gasteiger charge is -2.27. The summed E-state index contributed by atoms with van der Waals surface area (Å²) in [7, 11) is 0. The number of nitrogens with one attached hydrogen (secondary N) is 1. The molecule has 3 rings (SSSR count). The van der Waals surface area contributed by atoms with Crippen molar-refractivity contribution in [2.75, 3.05) is 24.5 Å². The number of hydrogen-bond acceptors (Lipinski definition) is 3. The Kier molecular flexibility index (Phi) is 2.92. The quantitative estimate of drug-likeness (QED) is 0.846. The topological polar surface area (TPSA) is 58.4 Å². The molecule has 1 aromatic rings. The number of benzene rings is 1. The average Bonchev–Trinajstić information content (AvgIpc) is 2.91. The molecule has 3 N–H and O–H groups in total. The maximum absolute atomic E-state index is 11.5. The number of hydrogen-bond donors (Lipinski definition) is 2. The van der Waals surface area contributed by atoms with E-state index in [1.165, 1.54) is 6.42 Å². The van der Waals surface area contributed by atoms with E-state index in [9.17, 15) is 4.79 Å². The van der Waals surface area contributed by atoms with Gasteiger partial charge in [0.25, 0.3) is 5.91 Å². The van der Waals surface area contributed by atoms with Crippen LogP contribution in [-0.4, -0.2) is 31.6 Å². The van der Waals surface area contributed by atoms with E-state index in [2.05, 4.69) is 10.2 Å². The first kappa shape index (κ1) is 11.8. The van der Waals surface area contributed by atoms with Gasteiger partial charge in [-0.2, -0.15) is 0 Å². The number of amides is 1. The molecule has 0 radical (unpaired) electrons. The van der Waals surface area contributed by atoms with E-state index < -0.39 is 5.91 Å². The van der Waals surface area contributed by atoms with Crippen LogP contribution in [0.15, 0.2) is 18.2 Å². The average molecular weight is 266 g/mol. The summed E-state index contributed by atoms with van der Waals surface area (Å²) in [5, 5.41) is 3.95. The van der Waals surface area contributed by atoms with Crippen molar-refractivity contribution in [2.45, 2.75) is 12.5 Å². The highest BCUT2D eigenvalue weighted by Gasteiger charge is 2.38. The molecule has 18 heavy (non-hydrogen) atoms. The summed E-state index contributed by atoms with van der Waals surface area (Å²) >= 11 is 5.94. The second-order valence-electron chi connectivity index (χ2n) is 4.99. The lowest BCUT2D eigenvalue weighted by Crippen LogP contribution is -2.35. The summed E-state index contributed by atoms with van der Waals surface area (Å²) in [6.07, 6.45) is 1.17. The van der Waals surface area contributed by atoms with Crippen LogP contribution in [0.3, 0.4) is 0 Å². The number of carbonyl (C=O) groups is 1. The molecule has 4 nitrogen and oxygen atoms in total. The van der Waals surface area contributed by atoms with Crippen LogP contribution in [0, 0.1) is 5.92 Å². The Bertz CT molecular complexity index is 491. The molecule has 2 heterocycles. The highest BCUT2D eigenvalue weighted by atomic mass is 35.5. The van der Waals surface area contributed by atoms with Crippen molar-refractivity contribution in [1.82, 2.24) is 5.32 Å². The monoisotopic (exact) mass is 265 g/mol. The molecule has 0 aromatic heterocycles. The molecular weight excluding hydrogens is 250 g/mol. The van der Waals surface area contributed by atoms with Gasteiger partial charge in [-0.15, -0.1) is 0 Å². The Morgan fingerprint density at radius 3 is 3.06 bits per heavy atom. The van der Waals surface area contributed by atoms with Crippen molar-refractivity contribution >= 4 is 23.2 Å². The molecule has 5 heteroatoms. The molecule has 96 valence electrons. The third-order valence-corrected chi connectivity index (χ3v) is 4.21. The number of primary amides is 1. The first-order chi connectivity index (χ1) is 8.66. The molecule has 0 unspecified atom stereocenters. The van der Waals surface area contributed by atoms with Crippen LogP contribution in [0.2, 0.25) is 5.02 Å². The maximum atomic E-state index is 11.5. The van der Waals surface area contributed by atoms with E-state index in [1.807, 2.05) is 12.1 Å². The minimum absolute atomic E-state index is 0.415. The van der Waals surface area contributed by atoms with Crippen molar-refractivity contribution in [3.63, 3.8) is 0 Å². The van der Waals surface area contributed by atoms with Gasteiger partial charge in [0, 0.05) is 36.4 Å². The van der Waals surface area contributed by atoms with E-state index >= 15 is 0 Å². The third-order valence-electron chi connectivity index (χ3n) is 3.98. The van der Waals surface area contributed by atoms with Gasteiger partial charge in [0.05, 0.1) is 5.56 Å². The molecular formula is C13H16ClN3O. The predicted molar refractivity (Wildman–Crippen MR) is 72.1 cm³/mol. The van der Waals surface area contributed by atoms with Crippen LogP contribution in [-0.2, 0) is 0 Å². The van der Waals surface area contributed by atoms with Crippen LogP contribution in [0.5, 0.6) is 0 Å². The van der Waals surface area contributed by atoms with Gasteiger partial charge in [-0.25, -0.2) is 0 Å². The second-order valence-corrected chi connectivity index (χ2v) is 5.43. The lowest BCUT2D eigenvalue weighted by atomic mass is 10.0. The van der Waals surface area contributed by atoms with Gasteiger partial charge < -0.3 is 16.0 Å². The van der Waals surface area contributed by atoms with Gasteiger partial charge in [0.15, 0.2) is 0 Å².